The number of hydrogen-bond donors (Lipinski definition) is 7. The molecule has 0 amide bonds. The minimum Gasteiger partial charge on any atom is -0.463 e. The molecule has 18 heteroatoms. The number of phosphoric acid groups is 1. The lowest BCUT2D eigenvalue weighted by atomic mass is 9.98. The zero-order valence-electron chi connectivity index (χ0n) is 26.0. The van der Waals surface area contributed by atoms with E-state index in [4.69, 9.17) is 44.4 Å². The number of carbonyl (C=O) groups is 2. The molecule has 2 aliphatic heterocycles. The first-order chi connectivity index (χ1) is 22.8. The Labute approximate surface area is 275 Å². The van der Waals surface area contributed by atoms with Crippen molar-refractivity contribution < 1.29 is 72.2 Å². The third-order valence-electron chi connectivity index (χ3n) is 7.59. The lowest BCUT2D eigenvalue weighted by molar-refractivity contribution is -0.275. The second-order valence-corrected chi connectivity index (χ2v) is 12.4. The van der Waals surface area contributed by atoms with E-state index in [1.54, 1.807) is 37.3 Å². The molecule has 9 N–H and O–H groups in total. The van der Waals surface area contributed by atoms with E-state index in [1.807, 2.05) is 0 Å². The molecule has 2 fully saturated rings. The number of phosphoric ester groups is 1. The number of anilines is 1. The second-order valence-electron chi connectivity index (χ2n) is 11.2. The lowest BCUT2D eigenvalue weighted by Gasteiger charge is -2.43. The summed E-state index contributed by atoms with van der Waals surface area (Å²) in [6, 6.07) is 12.5. The summed E-state index contributed by atoms with van der Waals surface area (Å²) >= 11 is 0. The van der Waals surface area contributed by atoms with E-state index in [1.165, 1.54) is 18.2 Å². The molecule has 0 saturated carbocycles. The molecular formula is C30H41N2O15P. The number of rotatable bonds is 14. The van der Waals surface area contributed by atoms with Crippen molar-refractivity contribution >= 4 is 25.4 Å². The van der Waals surface area contributed by atoms with Gasteiger partial charge in [-0.05, 0) is 49.7 Å². The van der Waals surface area contributed by atoms with Gasteiger partial charge in [0.1, 0.15) is 36.8 Å². The molecule has 0 aromatic heterocycles. The van der Waals surface area contributed by atoms with Crippen LogP contribution in [0.25, 0.3) is 0 Å². The third-order valence-corrected chi connectivity index (χ3v) is 8.11. The summed E-state index contributed by atoms with van der Waals surface area (Å²) in [4.78, 5) is 45.1. The first kappa shape index (κ1) is 37.6. The van der Waals surface area contributed by atoms with Gasteiger partial charge in [-0.2, -0.15) is 0 Å². The van der Waals surface area contributed by atoms with Crippen molar-refractivity contribution in [1.82, 2.24) is 0 Å². The van der Waals surface area contributed by atoms with Crippen LogP contribution in [0.1, 0.15) is 35.7 Å². The quantitative estimate of drug-likeness (QED) is 0.0760. The van der Waals surface area contributed by atoms with Crippen molar-refractivity contribution in [3.63, 3.8) is 0 Å². The Morgan fingerprint density at radius 1 is 0.979 bits per heavy atom. The minimum absolute atomic E-state index is 0.0289. The molecule has 0 aliphatic carbocycles. The molecule has 2 aliphatic rings. The molecule has 0 spiro atoms. The highest BCUT2D eigenvalue weighted by Crippen LogP contribution is 2.42. The Morgan fingerprint density at radius 2 is 1.69 bits per heavy atom. The fraction of sp³-hybridized carbons (Fsp3) is 0.533. The predicted octanol–water partition coefficient (Wildman–Crippen LogP) is -0.255. The molecule has 2 aromatic rings. The zero-order valence-corrected chi connectivity index (χ0v) is 26.9. The van der Waals surface area contributed by atoms with E-state index in [0.717, 1.165) is 5.56 Å². The zero-order chi connectivity index (χ0) is 35.0. The summed E-state index contributed by atoms with van der Waals surface area (Å²) in [5, 5.41) is 31.0. The Bertz CT molecular complexity index is 1410. The molecule has 0 unspecified atom stereocenters. The van der Waals surface area contributed by atoms with Crippen LogP contribution >= 0.6 is 7.82 Å². The Balaban J connectivity index is 1.49. The van der Waals surface area contributed by atoms with E-state index in [2.05, 4.69) is 0 Å². The van der Waals surface area contributed by atoms with Crippen LogP contribution in [0.4, 0.5) is 5.69 Å². The number of aliphatic hydroxyl groups excluding tert-OH is 3. The average Bonchev–Trinajstić information content (AvgIpc) is 3.02. The summed E-state index contributed by atoms with van der Waals surface area (Å²) in [5.41, 5.74) is 12.4. The number of para-hydroxylation sites is 1. The van der Waals surface area contributed by atoms with Crippen molar-refractivity contribution in [2.24, 2.45) is 5.73 Å². The molecular weight excluding hydrogens is 659 g/mol. The number of carbonyl (C=O) groups excluding carboxylic acids is 2. The van der Waals surface area contributed by atoms with Crippen molar-refractivity contribution in [2.75, 3.05) is 25.5 Å². The van der Waals surface area contributed by atoms with Crippen LogP contribution in [0.3, 0.4) is 0 Å². The van der Waals surface area contributed by atoms with E-state index >= 15 is 0 Å². The van der Waals surface area contributed by atoms with E-state index in [0.29, 0.717) is 13.0 Å². The minimum atomic E-state index is -5.33. The van der Waals surface area contributed by atoms with Gasteiger partial charge >= 0.3 is 19.8 Å². The molecule has 4 rings (SSSR count). The van der Waals surface area contributed by atoms with E-state index < -0.39 is 81.7 Å². The number of nitrogens with two attached hydrogens (primary N) is 2. The Morgan fingerprint density at radius 3 is 2.35 bits per heavy atom. The molecule has 2 heterocycles. The topological polar surface area (TPSA) is 269 Å². The van der Waals surface area contributed by atoms with E-state index in [9.17, 15) is 39.3 Å². The molecule has 17 nitrogen and oxygen atoms in total. The van der Waals surface area contributed by atoms with Gasteiger partial charge in [-0.1, -0.05) is 24.3 Å². The van der Waals surface area contributed by atoms with Gasteiger partial charge in [-0.3, -0.25) is 9.32 Å². The van der Waals surface area contributed by atoms with Gasteiger partial charge in [0.25, 0.3) is 0 Å². The number of esters is 2. The van der Waals surface area contributed by atoms with Crippen molar-refractivity contribution in [2.45, 2.75) is 81.5 Å². The van der Waals surface area contributed by atoms with Gasteiger partial charge in [-0.25, -0.2) is 9.36 Å². The van der Waals surface area contributed by atoms with Crippen molar-refractivity contribution in [3.05, 3.63) is 59.7 Å². The molecule has 2 saturated heterocycles. The van der Waals surface area contributed by atoms with Gasteiger partial charge in [0.15, 0.2) is 12.4 Å². The maximum absolute atomic E-state index is 13.2. The Kier molecular flexibility index (Phi) is 13.3. The highest BCUT2D eigenvalue weighted by Gasteiger charge is 2.52. The predicted molar refractivity (Wildman–Crippen MR) is 164 cm³/mol. The summed E-state index contributed by atoms with van der Waals surface area (Å²) in [7, 11) is -5.33. The van der Waals surface area contributed by atoms with Gasteiger partial charge in [0.05, 0.1) is 30.8 Å². The number of aliphatic hydroxyl groups is 3. The van der Waals surface area contributed by atoms with Gasteiger partial charge in [0.2, 0.25) is 6.29 Å². The van der Waals surface area contributed by atoms with Crippen LogP contribution in [0, 0.1) is 0 Å². The smallest absolute Gasteiger partial charge is 0.463 e. The number of hydrogen-bond acceptors (Lipinski definition) is 15. The maximum Gasteiger partial charge on any atom is 0.470 e. The summed E-state index contributed by atoms with van der Waals surface area (Å²) in [6.45, 7) is 1.14. The summed E-state index contributed by atoms with van der Waals surface area (Å²) in [5.74, 6) is -1.66. The van der Waals surface area contributed by atoms with Crippen LogP contribution in [0.2, 0.25) is 0 Å². The standard InChI is InChI=1S/C30H41N2O15P/c1-16-21(33)14-22(34)29(43-16)41-13-11-24(35)42-15-23-25(36)26(47-48(38,39)40)27(46-28(37)19-4-2-3-5-20(19)32)30(45-23)44-18-8-6-17(7-9-18)10-12-31/h2-9,16,21-23,25-27,29-30,33-34,36H,10-15,31-32H2,1H3,(H2,38,39,40)/t16-,21+,22+,23+,25+,26-,27+,29+,30+/m0/s1. The van der Waals surface area contributed by atoms with Crippen LogP contribution in [0.5, 0.6) is 5.75 Å². The van der Waals surface area contributed by atoms with Crippen molar-refractivity contribution in [1.29, 1.82) is 0 Å². The number of benzene rings is 2. The van der Waals surface area contributed by atoms with Crippen LogP contribution in [-0.2, 0) is 44.0 Å². The van der Waals surface area contributed by atoms with Gasteiger partial charge in [-0.15, -0.1) is 0 Å². The first-order valence-electron chi connectivity index (χ1n) is 15.1. The van der Waals surface area contributed by atoms with Gasteiger partial charge < -0.3 is 65.0 Å². The fourth-order valence-corrected chi connectivity index (χ4v) is 5.59. The van der Waals surface area contributed by atoms with Gasteiger partial charge in [0, 0.05) is 12.1 Å². The molecule has 0 radical (unpaired) electrons. The fourth-order valence-electron chi connectivity index (χ4n) is 5.03. The normalized spacial score (nSPS) is 29.2. The summed E-state index contributed by atoms with van der Waals surface area (Å²) in [6.07, 6.45) is -12.1. The molecule has 9 atom stereocenters. The molecule has 0 bridgehead atoms. The maximum atomic E-state index is 13.2. The van der Waals surface area contributed by atoms with Crippen LogP contribution < -0.4 is 16.2 Å². The summed E-state index contributed by atoms with van der Waals surface area (Å²) < 4.78 is 50.3. The largest absolute Gasteiger partial charge is 0.470 e. The lowest BCUT2D eigenvalue weighted by Crippen LogP contribution is -2.62. The Hall–Kier alpha value is -3.19. The highest BCUT2D eigenvalue weighted by atomic mass is 31.2. The van der Waals surface area contributed by atoms with Crippen LogP contribution in [-0.4, -0.2) is 112 Å². The second kappa shape index (κ2) is 17.0. The number of nitrogen functional groups attached to an aromatic ring is 1. The third kappa shape index (κ3) is 10.4. The average molecular weight is 701 g/mol. The monoisotopic (exact) mass is 700 g/mol. The molecule has 2 aromatic carbocycles. The van der Waals surface area contributed by atoms with E-state index in [-0.39, 0.29) is 36.4 Å². The SMILES string of the molecule is C[C@@H]1O[C@@H](OCCC(=O)OC[C@H]2O[C@@H](Oc3ccc(CCN)cc3)[C@H](OC(=O)c3ccccc3N)[C@@H](OP(=O)(O)O)[C@@H]2O)[C@H](O)C[C@H]1O. The molecule has 266 valence electrons. The molecule has 48 heavy (non-hydrogen) atoms. The first-order valence-corrected chi connectivity index (χ1v) is 16.7. The highest BCUT2D eigenvalue weighted by molar-refractivity contribution is 7.46. The van der Waals surface area contributed by atoms with Crippen LogP contribution in [0.15, 0.2) is 48.5 Å². The number of ether oxygens (including phenoxy) is 6. The van der Waals surface area contributed by atoms with Crippen molar-refractivity contribution in [3.8, 4) is 5.75 Å².